The summed E-state index contributed by atoms with van der Waals surface area (Å²) in [6, 6.07) is 2.64. The van der Waals surface area contributed by atoms with Gasteiger partial charge in [0.25, 0.3) is 5.56 Å². The summed E-state index contributed by atoms with van der Waals surface area (Å²) in [4.78, 5) is 27.4. The van der Waals surface area contributed by atoms with Crippen LogP contribution in [0.5, 0.6) is 0 Å². The number of hydrogen-bond acceptors (Lipinski definition) is 4. The SMILES string of the molecule is CCOC(=O)Cn1cnc2cc(F)c(C)cc2c1=O. The van der Waals surface area contributed by atoms with Crippen LogP contribution in [-0.4, -0.2) is 22.1 Å². The van der Waals surface area contributed by atoms with Crippen LogP contribution >= 0.6 is 0 Å². The Bertz CT molecular complexity index is 694. The molecule has 1 aromatic carbocycles. The quantitative estimate of drug-likeness (QED) is 0.786. The second-order valence-corrected chi connectivity index (χ2v) is 4.10. The zero-order chi connectivity index (χ0) is 14.0. The van der Waals surface area contributed by atoms with Gasteiger partial charge >= 0.3 is 5.97 Å². The first-order chi connectivity index (χ1) is 9.02. The molecule has 0 amide bonds. The van der Waals surface area contributed by atoms with Gasteiger partial charge in [0.1, 0.15) is 12.4 Å². The summed E-state index contributed by atoms with van der Waals surface area (Å²) in [6.45, 7) is 3.30. The van der Waals surface area contributed by atoms with Gasteiger partial charge in [0, 0.05) is 6.07 Å². The van der Waals surface area contributed by atoms with Crippen molar-refractivity contribution in [3.05, 3.63) is 40.2 Å². The predicted molar refractivity (Wildman–Crippen MR) is 67.3 cm³/mol. The van der Waals surface area contributed by atoms with E-state index in [1.165, 1.54) is 18.5 Å². The van der Waals surface area contributed by atoms with Gasteiger partial charge in [0.05, 0.1) is 23.8 Å². The van der Waals surface area contributed by atoms with Gasteiger partial charge in [-0.3, -0.25) is 14.2 Å². The molecule has 0 saturated carbocycles. The number of esters is 1. The van der Waals surface area contributed by atoms with Crippen LogP contribution in [0.3, 0.4) is 0 Å². The van der Waals surface area contributed by atoms with Crippen LogP contribution in [0.25, 0.3) is 10.9 Å². The fourth-order valence-corrected chi connectivity index (χ4v) is 1.75. The fraction of sp³-hybridized carbons (Fsp3) is 0.308. The van der Waals surface area contributed by atoms with E-state index in [-0.39, 0.29) is 29.6 Å². The molecule has 0 radical (unpaired) electrons. The molecule has 0 unspecified atom stereocenters. The van der Waals surface area contributed by atoms with Crippen LogP contribution in [-0.2, 0) is 16.1 Å². The van der Waals surface area contributed by atoms with Gasteiger partial charge < -0.3 is 4.74 Å². The van der Waals surface area contributed by atoms with Gasteiger partial charge in [0.15, 0.2) is 0 Å². The van der Waals surface area contributed by atoms with Crippen LogP contribution in [0.1, 0.15) is 12.5 Å². The normalized spacial score (nSPS) is 10.7. The van der Waals surface area contributed by atoms with Gasteiger partial charge in [-0.05, 0) is 25.5 Å². The summed E-state index contributed by atoms with van der Waals surface area (Å²) in [6.07, 6.45) is 1.22. The molecule has 0 fully saturated rings. The van der Waals surface area contributed by atoms with Crippen LogP contribution in [0, 0.1) is 12.7 Å². The lowest BCUT2D eigenvalue weighted by Crippen LogP contribution is -2.25. The highest BCUT2D eigenvalue weighted by atomic mass is 19.1. The van der Waals surface area contributed by atoms with E-state index in [4.69, 9.17) is 4.74 Å². The first-order valence-corrected chi connectivity index (χ1v) is 5.84. The minimum absolute atomic E-state index is 0.202. The summed E-state index contributed by atoms with van der Waals surface area (Å²) in [5, 5.41) is 0.283. The van der Waals surface area contributed by atoms with Crippen molar-refractivity contribution in [3.8, 4) is 0 Å². The van der Waals surface area contributed by atoms with Crippen LogP contribution < -0.4 is 5.56 Å². The van der Waals surface area contributed by atoms with Crippen LogP contribution in [0.4, 0.5) is 4.39 Å². The lowest BCUT2D eigenvalue weighted by molar-refractivity contribution is -0.143. The number of carbonyl (C=O) groups is 1. The summed E-state index contributed by atoms with van der Waals surface area (Å²) in [5.41, 5.74) is 0.245. The van der Waals surface area contributed by atoms with E-state index in [1.807, 2.05) is 0 Å². The van der Waals surface area contributed by atoms with E-state index in [2.05, 4.69) is 4.98 Å². The van der Waals surface area contributed by atoms with E-state index in [0.29, 0.717) is 5.56 Å². The van der Waals surface area contributed by atoms with Crippen molar-refractivity contribution in [2.45, 2.75) is 20.4 Å². The highest BCUT2D eigenvalue weighted by Crippen LogP contribution is 2.13. The van der Waals surface area contributed by atoms with E-state index >= 15 is 0 Å². The van der Waals surface area contributed by atoms with Gasteiger partial charge in [-0.1, -0.05) is 0 Å². The Kier molecular flexibility index (Phi) is 3.59. The summed E-state index contributed by atoms with van der Waals surface area (Å²) >= 11 is 0. The van der Waals surface area contributed by atoms with E-state index in [0.717, 1.165) is 4.57 Å². The Morgan fingerprint density at radius 1 is 1.47 bits per heavy atom. The lowest BCUT2D eigenvalue weighted by Gasteiger charge is -2.07. The molecule has 2 aromatic rings. The third-order valence-electron chi connectivity index (χ3n) is 2.71. The summed E-state index contributed by atoms with van der Waals surface area (Å²) in [5.74, 6) is -0.924. The standard InChI is InChI=1S/C13H13FN2O3/c1-3-19-12(17)6-16-7-15-11-5-10(14)8(2)4-9(11)13(16)18/h4-5,7H,3,6H2,1-2H3. The minimum atomic E-state index is -0.510. The molecule has 100 valence electrons. The summed E-state index contributed by atoms with van der Waals surface area (Å²) in [7, 11) is 0. The van der Waals surface area contributed by atoms with Crippen molar-refractivity contribution in [1.29, 1.82) is 0 Å². The number of halogens is 1. The van der Waals surface area contributed by atoms with Gasteiger partial charge in [0.2, 0.25) is 0 Å². The van der Waals surface area contributed by atoms with Crippen LogP contribution in [0.15, 0.2) is 23.3 Å². The number of carbonyl (C=O) groups excluding carboxylic acids is 1. The number of rotatable bonds is 3. The van der Waals surface area contributed by atoms with Gasteiger partial charge in [-0.25, -0.2) is 9.37 Å². The lowest BCUT2D eigenvalue weighted by atomic mass is 10.1. The molecule has 0 aliphatic heterocycles. The highest BCUT2D eigenvalue weighted by molar-refractivity contribution is 5.78. The van der Waals surface area contributed by atoms with Gasteiger partial charge in [-0.2, -0.15) is 0 Å². The van der Waals surface area contributed by atoms with Crippen molar-refractivity contribution < 1.29 is 13.9 Å². The Morgan fingerprint density at radius 3 is 2.89 bits per heavy atom. The maximum absolute atomic E-state index is 13.4. The molecule has 0 spiro atoms. The average molecular weight is 264 g/mol. The Labute approximate surface area is 108 Å². The molecule has 2 rings (SSSR count). The highest BCUT2D eigenvalue weighted by Gasteiger charge is 2.10. The molecule has 0 atom stereocenters. The molecule has 5 nitrogen and oxygen atoms in total. The maximum atomic E-state index is 13.4. The van der Waals surface area contributed by atoms with Crippen molar-refractivity contribution in [3.63, 3.8) is 0 Å². The second-order valence-electron chi connectivity index (χ2n) is 4.10. The van der Waals surface area contributed by atoms with E-state index < -0.39 is 11.8 Å². The largest absolute Gasteiger partial charge is 0.465 e. The topological polar surface area (TPSA) is 61.2 Å². The number of ether oxygens (including phenoxy) is 1. The Balaban J connectivity index is 2.49. The number of aromatic nitrogens is 2. The average Bonchev–Trinajstić information content (AvgIpc) is 2.36. The molecule has 6 heteroatoms. The predicted octanol–water partition coefficient (Wildman–Crippen LogP) is 1.41. The monoisotopic (exact) mass is 264 g/mol. The van der Waals surface area contributed by atoms with Crippen LogP contribution in [0.2, 0.25) is 0 Å². The third-order valence-corrected chi connectivity index (χ3v) is 2.71. The maximum Gasteiger partial charge on any atom is 0.326 e. The molecule has 19 heavy (non-hydrogen) atoms. The van der Waals surface area contributed by atoms with E-state index in [1.54, 1.807) is 13.8 Å². The number of nitrogens with zero attached hydrogens (tertiary/aromatic N) is 2. The minimum Gasteiger partial charge on any atom is -0.465 e. The second kappa shape index (κ2) is 5.17. The molecule has 1 heterocycles. The van der Waals surface area contributed by atoms with E-state index in [9.17, 15) is 14.0 Å². The molecule has 0 aliphatic carbocycles. The fourth-order valence-electron chi connectivity index (χ4n) is 1.75. The van der Waals surface area contributed by atoms with Crippen molar-refractivity contribution in [2.75, 3.05) is 6.61 Å². The van der Waals surface area contributed by atoms with Crippen molar-refractivity contribution in [2.24, 2.45) is 0 Å². The molecule has 0 bridgehead atoms. The number of aryl methyl sites for hydroxylation is 1. The third kappa shape index (κ3) is 2.62. The van der Waals surface area contributed by atoms with Gasteiger partial charge in [-0.15, -0.1) is 0 Å². The first-order valence-electron chi connectivity index (χ1n) is 5.84. The number of benzene rings is 1. The summed E-state index contributed by atoms with van der Waals surface area (Å²) < 4.78 is 19.3. The molecular formula is C13H13FN2O3. The molecular weight excluding hydrogens is 251 g/mol. The first kappa shape index (κ1) is 13.2. The molecule has 0 aliphatic rings. The number of hydrogen-bond donors (Lipinski definition) is 0. The zero-order valence-electron chi connectivity index (χ0n) is 10.6. The molecule has 0 saturated heterocycles. The number of fused-ring (bicyclic) bond motifs is 1. The molecule has 1 aromatic heterocycles. The zero-order valence-corrected chi connectivity index (χ0v) is 10.6. The smallest absolute Gasteiger partial charge is 0.326 e. The molecule has 0 N–H and O–H groups in total. The van der Waals surface area contributed by atoms with Crippen molar-refractivity contribution >= 4 is 16.9 Å². The Morgan fingerprint density at radius 2 is 2.21 bits per heavy atom. The Hall–Kier alpha value is -2.24. The van der Waals surface area contributed by atoms with Crippen molar-refractivity contribution in [1.82, 2.24) is 9.55 Å².